The molecule has 1 heteroatoms. The van der Waals surface area contributed by atoms with Gasteiger partial charge in [0.05, 0.1) is 0 Å². The van der Waals surface area contributed by atoms with E-state index >= 15 is 0 Å². The lowest BCUT2D eigenvalue weighted by Gasteiger charge is -2.04. The van der Waals surface area contributed by atoms with Crippen molar-refractivity contribution < 1.29 is 4.79 Å². The number of rotatable bonds is 4. The minimum Gasteiger partial charge on any atom is -0.299 e. The van der Waals surface area contributed by atoms with Gasteiger partial charge in [-0.25, -0.2) is 0 Å². The van der Waals surface area contributed by atoms with Crippen molar-refractivity contribution in [1.82, 2.24) is 0 Å². The molecule has 0 unspecified atom stereocenters. The predicted octanol–water partition coefficient (Wildman–Crippen LogP) is 2.71. The average Bonchev–Trinajstić information content (AvgIpc) is 2.52. The maximum absolute atomic E-state index is 11.4. The first kappa shape index (κ1) is 8.51. The monoisotopic (exact) mass is 152 g/mol. The molecule has 0 aromatic carbocycles. The van der Waals surface area contributed by atoms with E-state index in [0.29, 0.717) is 18.1 Å². The predicted molar refractivity (Wildman–Crippen MR) is 46.4 cm³/mol. The zero-order chi connectivity index (χ0) is 8.10. The van der Waals surface area contributed by atoms with Gasteiger partial charge in [-0.1, -0.05) is 18.9 Å². The Kier molecular flexibility index (Phi) is 3.34. The number of hydrogen-bond donors (Lipinski definition) is 0. The second kappa shape index (κ2) is 4.32. The molecule has 0 saturated heterocycles. The van der Waals surface area contributed by atoms with Crippen LogP contribution in [-0.2, 0) is 4.79 Å². The van der Waals surface area contributed by atoms with Crippen molar-refractivity contribution in [2.75, 3.05) is 0 Å². The highest BCUT2D eigenvalue weighted by Gasteiger charge is 2.21. The van der Waals surface area contributed by atoms with E-state index in [1.807, 2.05) is 6.08 Å². The third-order valence-electron chi connectivity index (χ3n) is 2.41. The summed E-state index contributed by atoms with van der Waals surface area (Å²) in [5, 5.41) is 0. The van der Waals surface area contributed by atoms with Gasteiger partial charge in [-0.2, -0.15) is 0 Å². The average molecular weight is 152 g/mol. The first-order chi connectivity index (χ1) is 5.34. The van der Waals surface area contributed by atoms with Crippen molar-refractivity contribution in [3.05, 3.63) is 12.7 Å². The summed E-state index contributed by atoms with van der Waals surface area (Å²) in [5.74, 6) is 0.859. The molecule has 0 amide bonds. The highest BCUT2D eigenvalue weighted by Crippen LogP contribution is 2.26. The Labute approximate surface area is 68.5 Å². The number of carbonyl (C=O) groups is 1. The molecule has 0 radical (unpaired) electrons. The maximum atomic E-state index is 11.4. The summed E-state index contributed by atoms with van der Waals surface area (Å²) in [6.07, 6.45) is 8.18. The summed E-state index contributed by atoms with van der Waals surface area (Å²) in [6, 6.07) is 0. The number of carbonyl (C=O) groups excluding carboxylic acids is 1. The third kappa shape index (κ3) is 2.49. The quantitative estimate of drug-likeness (QED) is 0.566. The van der Waals surface area contributed by atoms with Gasteiger partial charge in [0.2, 0.25) is 0 Å². The second-order valence-corrected chi connectivity index (χ2v) is 3.28. The van der Waals surface area contributed by atoms with Crippen LogP contribution in [0.3, 0.4) is 0 Å². The van der Waals surface area contributed by atoms with Crippen LogP contribution >= 0.6 is 0 Å². The van der Waals surface area contributed by atoms with Crippen LogP contribution in [0.25, 0.3) is 0 Å². The molecule has 0 aromatic heterocycles. The van der Waals surface area contributed by atoms with Crippen molar-refractivity contribution in [1.29, 1.82) is 0 Å². The van der Waals surface area contributed by atoms with Crippen LogP contribution in [0.5, 0.6) is 0 Å². The number of ketones is 1. The topological polar surface area (TPSA) is 17.1 Å². The Bertz CT molecular complexity index is 143. The highest BCUT2D eigenvalue weighted by molar-refractivity contribution is 5.81. The Hall–Kier alpha value is -0.590. The van der Waals surface area contributed by atoms with Crippen LogP contribution in [0, 0.1) is 5.92 Å². The largest absolute Gasteiger partial charge is 0.299 e. The molecule has 11 heavy (non-hydrogen) atoms. The molecule has 0 aromatic rings. The molecule has 1 nitrogen and oxygen atoms in total. The van der Waals surface area contributed by atoms with Gasteiger partial charge in [0.15, 0.2) is 0 Å². The molecule has 0 aliphatic heterocycles. The van der Waals surface area contributed by atoms with Gasteiger partial charge >= 0.3 is 0 Å². The fourth-order valence-corrected chi connectivity index (χ4v) is 1.70. The Morgan fingerprint density at radius 2 is 2.09 bits per heavy atom. The van der Waals surface area contributed by atoms with Crippen molar-refractivity contribution in [2.45, 2.75) is 38.5 Å². The van der Waals surface area contributed by atoms with Gasteiger partial charge in [0, 0.05) is 12.3 Å². The van der Waals surface area contributed by atoms with E-state index in [1.54, 1.807) is 0 Å². The van der Waals surface area contributed by atoms with Crippen LogP contribution in [0.4, 0.5) is 0 Å². The maximum Gasteiger partial charge on any atom is 0.136 e. The van der Waals surface area contributed by atoms with E-state index in [0.717, 1.165) is 19.3 Å². The number of allylic oxidation sites excluding steroid dienone is 1. The molecule has 0 bridgehead atoms. The normalized spacial score (nSPS) is 18.5. The van der Waals surface area contributed by atoms with E-state index in [1.165, 1.54) is 12.8 Å². The van der Waals surface area contributed by atoms with Gasteiger partial charge in [-0.3, -0.25) is 4.79 Å². The molecule has 1 saturated carbocycles. The van der Waals surface area contributed by atoms with Crippen molar-refractivity contribution >= 4 is 5.78 Å². The molecular weight excluding hydrogens is 136 g/mol. The lowest BCUT2D eigenvalue weighted by Crippen LogP contribution is -2.09. The highest BCUT2D eigenvalue weighted by atomic mass is 16.1. The standard InChI is InChI=1S/C10H16O/c1-2-3-8-10(11)9-6-4-5-7-9/h2,9H,1,3-8H2. The minimum atomic E-state index is 0.398. The summed E-state index contributed by atoms with van der Waals surface area (Å²) in [6.45, 7) is 3.61. The zero-order valence-corrected chi connectivity index (χ0v) is 7.01. The fraction of sp³-hybridized carbons (Fsp3) is 0.700. The summed E-state index contributed by atoms with van der Waals surface area (Å²) in [4.78, 5) is 11.4. The number of hydrogen-bond acceptors (Lipinski definition) is 1. The lowest BCUT2D eigenvalue weighted by molar-refractivity contribution is -0.122. The SMILES string of the molecule is C=CCCC(=O)C1CCCC1. The Balaban J connectivity index is 2.22. The van der Waals surface area contributed by atoms with Crippen molar-refractivity contribution in [2.24, 2.45) is 5.92 Å². The molecule has 0 N–H and O–H groups in total. The Morgan fingerprint density at radius 3 is 2.64 bits per heavy atom. The van der Waals surface area contributed by atoms with Crippen LogP contribution in [0.1, 0.15) is 38.5 Å². The first-order valence-electron chi connectivity index (χ1n) is 4.48. The first-order valence-corrected chi connectivity index (χ1v) is 4.48. The van der Waals surface area contributed by atoms with Gasteiger partial charge in [-0.15, -0.1) is 6.58 Å². The van der Waals surface area contributed by atoms with Gasteiger partial charge < -0.3 is 0 Å². The van der Waals surface area contributed by atoms with E-state index in [4.69, 9.17) is 0 Å². The van der Waals surface area contributed by atoms with Crippen molar-refractivity contribution in [3.8, 4) is 0 Å². The number of Topliss-reactive ketones (excluding diaryl/α,β-unsaturated/α-hetero) is 1. The summed E-state index contributed by atoms with van der Waals surface area (Å²) in [7, 11) is 0. The van der Waals surface area contributed by atoms with E-state index in [9.17, 15) is 4.79 Å². The van der Waals surface area contributed by atoms with Gasteiger partial charge in [0.25, 0.3) is 0 Å². The molecule has 62 valence electrons. The zero-order valence-electron chi connectivity index (χ0n) is 7.01. The molecule has 1 aliphatic carbocycles. The summed E-state index contributed by atoms with van der Waals surface area (Å²) < 4.78 is 0. The van der Waals surface area contributed by atoms with E-state index in [-0.39, 0.29) is 0 Å². The molecule has 0 heterocycles. The smallest absolute Gasteiger partial charge is 0.136 e. The van der Waals surface area contributed by atoms with Crippen LogP contribution < -0.4 is 0 Å². The molecular formula is C10H16O. The summed E-state index contributed by atoms with van der Waals surface area (Å²) >= 11 is 0. The van der Waals surface area contributed by atoms with Crippen molar-refractivity contribution in [3.63, 3.8) is 0 Å². The minimum absolute atomic E-state index is 0.398. The van der Waals surface area contributed by atoms with Gasteiger partial charge in [0.1, 0.15) is 5.78 Å². The molecule has 1 rings (SSSR count). The van der Waals surface area contributed by atoms with Gasteiger partial charge in [-0.05, 0) is 19.3 Å². The molecule has 1 aliphatic rings. The molecule has 0 atom stereocenters. The third-order valence-corrected chi connectivity index (χ3v) is 2.41. The molecule has 1 fully saturated rings. The lowest BCUT2D eigenvalue weighted by atomic mass is 9.99. The van der Waals surface area contributed by atoms with Crippen LogP contribution in [0.2, 0.25) is 0 Å². The Morgan fingerprint density at radius 1 is 1.45 bits per heavy atom. The van der Waals surface area contributed by atoms with Crippen LogP contribution in [0.15, 0.2) is 12.7 Å². The summed E-state index contributed by atoms with van der Waals surface area (Å²) in [5.41, 5.74) is 0. The molecule has 0 spiro atoms. The van der Waals surface area contributed by atoms with E-state index in [2.05, 4.69) is 6.58 Å². The second-order valence-electron chi connectivity index (χ2n) is 3.28. The van der Waals surface area contributed by atoms with Crippen LogP contribution in [-0.4, -0.2) is 5.78 Å². The van der Waals surface area contributed by atoms with E-state index < -0.39 is 0 Å². The fourth-order valence-electron chi connectivity index (χ4n) is 1.70.